The minimum atomic E-state index is -4.42. The smallest absolute Gasteiger partial charge is 0.397 e. The number of carboxylic acids is 1. The van der Waals surface area contributed by atoms with Gasteiger partial charge in [-0.15, -0.1) is 5.10 Å². The van der Waals surface area contributed by atoms with Crippen LogP contribution in [-0.2, 0) is 11.2 Å². The molecular weight excluding hydrogens is 666 g/mol. The molecule has 0 fully saturated rings. The molecule has 13 heteroatoms. The topological polar surface area (TPSA) is 105 Å². The molecule has 0 unspecified atom stereocenters. The van der Waals surface area contributed by atoms with E-state index in [1.807, 2.05) is 62.4 Å². The highest BCUT2D eigenvalue weighted by Gasteiger charge is 2.48. The number of nitrogens with zero attached hydrogens (tertiary/aromatic N) is 5. The summed E-state index contributed by atoms with van der Waals surface area (Å²) < 4.78 is 50.7. The van der Waals surface area contributed by atoms with Crippen molar-refractivity contribution in [3.05, 3.63) is 72.4 Å². The van der Waals surface area contributed by atoms with Gasteiger partial charge in [0.15, 0.2) is 0 Å². The summed E-state index contributed by atoms with van der Waals surface area (Å²) in [5.41, 5.74) is 0.444. The molecule has 0 radical (unpaired) electrons. The number of alkyl halides is 3. The number of rotatable bonds is 9. The maximum atomic E-state index is 13.4. The molecule has 1 atom stereocenters. The molecule has 5 rings (SSSR count). The molecule has 4 aromatic rings. The standard InChI is InChI=1S/C37H45F3N6O3S/c1-5-21-36(4,34(47)48)24-45-22-11-7-6-8-13-26-14-9-10-15-27(26)33-28(18-19-29(41-33)44-50-32-17-12-16-30(45)42-32)46-23-20-31(43-46)49-25-35(2,3)37(38,39)40/h9-10,12,14-20,23H,5-8,11,13,21-22,24-25H2,1-4H3,(H,41,44)(H,47,48)/t36-/m1/s1. The van der Waals surface area contributed by atoms with Gasteiger partial charge >= 0.3 is 12.1 Å². The van der Waals surface area contributed by atoms with Gasteiger partial charge in [0.2, 0.25) is 5.88 Å². The van der Waals surface area contributed by atoms with E-state index in [2.05, 4.69) is 20.8 Å². The highest BCUT2D eigenvalue weighted by molar-refractivity contribution is 8.00. The average molecular weight is 711 g/mol. The summed E-state index contributed by atoms with van der Waals surface area (Å²) in [6.07, 6.45) is 3.23. The van der Waals surface area contributed by atoms with Crippen LogP contribution in [0, 0.1) is 10.8 Å². The number of ether oxygens (including phenoxy) is 1. The second-order valence-corrected chi connectivity index (χ2v) is 14.6. The van der Waals surface area contributed by atoms with Gasteiger partial charge in [-0.1, -0.05) is 56.5 Å². The molecule has 0 aliphatic carbocycles. The van der Waals surface area contributed by atoms with Gasteiger partial charge in [-0.3, -0.25) is 4.79 Å². The number of anilines is 2. The number of hydrogen-bond donors (Lipinski definition) is 2. The van der Waals surface area contributed by atoms with Crippen molar-refractivity contribution in [2.75, 3.05) is 29.3 Å². The van der Waals surface area contributed by atoms with Crippen LogP contribution >= 0.6 is 11.9 Å². The Labute approximate surface area is 295 Å². The number of benzene rings is 1. The summed E-state index contributed by atoms with van der Waals surface area (Å²) in [6, 6.07) is 19.1. The van der Waals surface area contributed by atoms with Gasteiger partial charge in [-0.25, -0.2) is 14.6 Å². The van der Waals surface area contributed by atoms with Crippen LogP contribution in [0.15, 0.2) is 71.9 Å². The van der Waals surface area contributed by atoms with E-state index in [1.165, 1.54) is 11.9 Å². The maximum Gasteiger partial charge on any atom is 0.397 e. The molecule has 1 aromatic carbocycles. The van der Waals surface area contributed by atoms with Crippen molar-refractivity contribution < 1.29 is 27.8 Å². The van der Waals surface area contributed by atoms with Gasteiger partial charge < -0.3 is 19.5 Å². The molecule has 268 valence electrons. The molecule has 2 N–H and O–H groups in total. The molecule has 4 heterocycles. The lowest BCUT2D eigenvalue weighted by atomic mass is 9.85. The summed E-state index contributed by atoms with van der Waals surface area (Å²) in [5, 5.41) is 15.3. The average Bonchev–Trinajstić information content (AvgIpc) is 3.56. The number of halogens is 3. The minimum absolute atomic E-state index is 0.0863. The maximum absolute atomic E-state index is 13.4. The molecule has 1 aliphatic rings. The number of fused-ring (bicyclic) bond motifs is 6. The van der Waals surface area contributed by atoms with E-state index in [4.69, 9.17) is 14.7 Å². The summed E-state index contributed by atoms with van der Waals surface area (Å²) in [7, 11) is 0. The Morgan fingerprint density at radius 3 is 2.52 bits per heavy atom. The third kappa shape index (κ3) is 8.90. The SMILES string of the molecule is CCC[C@](C)(CN1CCCCCCc2ccccc2-c2nc(ccc2-n2ccc(OCC(C)(C)C(F)(F)F)n2)NSc2cccc1n2)C(=O)O. The van der Waals surface area contributed by atoms with Crippen LogP contribution in [0.3, 0.4) is 0 Å². The predicted octanol–water partition coefficient (Wildman–Crippen LogP) is 9.23. The Morgan fingerprint density at radius 2 is 1.76 bits per heavy atom. The van der Waals surface area contributed by atoms with Gasteiger partial charge in [0, 0.05) is 42.9 Å². The van der Waals surface area contributed by atoms with E-state index in [-0.39, 0.29) is 5.88 Å². The number of aryl methyl sites for hydroxylation is 1. The van der Waals surface area contributed by atoms with E-state index in [0.29, 0.717) is 41.7 Å². The first kappa shape index (κ1) is 37.0. The lowest BCUT2D eigenvalue weighted by Crippen LogP contribution is -2.42. The number of aromatic nitrogens is 4. The van der Waals surface area contributed by atoms with Crippen molar-refractivity contribution in [3.8, 4) is 22.8 Å². The van der Waals surface area contributed by atoms with Crippen molar-refractivity contribution in [1.82, 2.24) is 19.7 Å². The van der Waals surface area contributed by atoms with Crippen molar-refractivity contribution in [2.45, 2.75) is 83.8 Å². The van der Waals surface area contributed by atoms with Crippen LogP contribution in [0.4, 0.5) is 24.8 Å². The van der Waals surface area contributed by atoms with E-state index in [9.17, 15) is 23.1 Å². The van der Waals surface area contributed by atoms with E-state index in [1.54, 1.807) is 16.9 Å². The summed E-state index contributed by atoms with van der Waals surface area (Å²) in [5.74, 6) is 0.594. The summed E-state index contributed by atoms with van der Waals surface area (Å²) >= 11 is 1.31. The number of pyridine rings is 2. The lowest BCUT2D eigenvalue weighted by molar-refractivity contribution is -0.219. The first-order chi connectivity index (χ1) is 23.8. The Hall–Kier alpha value is -4.26. The fourth-order valence-electron chi connectivity index (χ4n) is 5.93. The molecule has 0 saturated heterocycles. The van der Waals surface area contributed by atoms with Crippen LogP contribution in [0.25, 0.3) is 16.9 Å². The third-order valence-electron chi connectivity index (χ3n) is 9.08. The zero-order chi connectivity index (χ0) is 35.9. The van der Waals surface area contributed by atoms with Crippen LogP contribution in [0.2, 0.25) is 0 Å². The molecule has 9 nitrogen and oxygen atoms in total. The Kier molecular flexibility index (Phi) is 11.7. The molecule has 1 aliphatic heterocycles. The van der Waals surface area contributed by atoms with Gasteiger partial charge in [-0.05, 0) is 76.3 Å². The quantitative estimate of drug-likeness (QED) is 0.165. The Balaban J connectivity index is 1.47. The monoisotopic (exact) mass is 710 g/mol. The van der Waals surface area contributed by atoms with Gasteiger partial charge in [0.05, 0.1) is 22.2 Å². The van der Waals surface area contributed by atoms with Crippen molar-refractivity contribution in [3.63, 3.8) is 0 Å². The molecule has 3 aromatic heterocycles. The number of aliphatic carboxylic acids is 1. The van der Waals surface area contributed by atoms with Crippen molar-refractivity contribution in [2.24, 2.45) is 10.8 Å². The minimum Gasteiger partial charge on any atom is -0.481 e. The molecular formula is C37H45F3N6O3S. The normalized spacial score (nSPS) is 15.7. The molecule has 0 spiro atoms. The second kappa shape index (κ2) is 15.7. The number of carboxylic acid groups (broad SMARTS) is 1. The van der Waals surface area contributed by atoms with E-state index in [0.717, 1.165) is 69.3 Å². The lowest BCUT2D eigenvalue weighted by Gasteiger charge is -2.33. The summed E-state index contributed by atoms with van der Waals surface area (Å²) in [4.78, 5) is 24.4. The summed E-state index contributed by atoms with van der Waals surface area (Å²) in [6.45, 7) is 6.53. The van der Waals surface area contributed by atoms with Crippen LogP contribution in [-0.4, -0.2) is 56.7 Å². The van der Waals surface area contributed by atoms with Crippen LogP contribution in [0.5, 0.6) is 5.88 Å². The highest BCUT2D eigenvalue weighted by Crippen LogP contribution is 2.38. The van der Waals surface area contributed by atoms with E-state index < -0.39 is 29.6 Å². The Morgan fingerprint density at radius 1 is 0.980 bits per heavy atom. The predicted molar refractivity (Wildman–Crippen MR) is 191 cm³/mol. The fourth-order valence-corrected chi connectivity index (χ4v) is 6.54. The molecule has 0 amide bonds. The zero-order valence-electron chi connectivity index (χ0n) is 29.0. The van der Waals surface area contributed by atoms with E-state index >= 15 is 0 Å². The molecule has 0 saturated carbocycles. The number of carbonyl (C=O) groups is 1. The first-order valence-corrected chi connectivity index (χ1v) is 17.8. The van der Waals surface area contributed by atoms with Crippen LogP contribution in [0.1, 0.15) is 71.8 Å². The largest absolute Gasteiger partial charge is 0.481 e. The van der Waals surface area contributed by atoms with Gasteiger partial charge in [0.25, 0.3) is 0 Å². The number of nitrogens with one attached hydrogen (secondary N) is 1. The zero-order valence-corrected chi connectivity index (χ0v) is 29.8. The molecule has 50 heavy (non-hydrogen) atoms. The third-order valence-corrected chi connectivity index (χ3v) is 9.83. The first-order valence-electron chi connectivity index (χ1n) is 17.0. The molecule has 4 bridgehead atoms. The van der Waals surface area contributed by atoms with Crippen molar-refractivity contribution >= 4 is 29.6 Å². The van der Waals surface area contributed by atoms with Gasteiger partial charge in [-0.2, -0.15) is 13.2 Å². The fraction of sp³-hybridized carbons (Fsp3) is 0.459. The van der Waals surface area contributed by atoms with Crippen LogP contribution < -0.4 is 14.4 Å². The Bertz CT molecular complexity index is 1760. The van der Waals surface area contributed by atoms with Gasteiger partial charge in [0.1, 0.15) is 23.3 Å². The van der Waals surface area contributed by atoms with Crippen molar-refractivity contribution in [1.29, 1.82) is 0 Å². The second-order valence-electron chi connectivity index (χ2n) is 13.7. The highest BCUT2D eigenvalue weighted by atomic mass is 32.2. The number of hydrogen-bond acceptors (Lipinski definition) is 8.